The molecule has 3 aromatic carbocycles. The number of benzene rings is 3. The number of hydrogen-bond donors (Lipinski definition) is 3. The van der Waals surface area contributed by atoms with Crippen LogP contribution in [0.5, 0.6) is 0 Å². The number of hydrogen-bond acceptors (Lipinski definition) is 4. The molecular formula is C29H24ClF6N3O. The topological polar surface area (TPSA) is 57.2 Å². The Hall–Kier alpha value is -3.60. The summed E-state index contributed by atoms with van der Waals surface area (Å²) in [5, 5.41) is 16.6. The largest absolute Gasteiger partial charge is 0.416 e. The Balaban J connectivity index is 1.86. The molecule has 1 heterocycles. The smallest absolute Gasteiger partial charge is 0.361 e. The number of aliphatic hydroxyl groups is 1. The number of rotatable bonds is 9. The minimum absolute atomic E-state index is 0.0158. The second-order valence-corrected chi connectivity index (χ2v) is 9.69. The number of anilines is 1. The van der Waals surface area contributed by atoms with Crippen molar-refractivity contribution in [3.05, 3.63) is 130 Å². The van der Waals surface area contributed by atoms with E-state index in [4.69, 9.17) is 11.6 Å². The second-order valence-electron chi connectivity index (χ2n) is 9.25. The molecule has 210 valence electrons. The molecule has 0 radical (unpaired) electrons. The molecule has 4 rings (SSSR count). The van der Waals surface area contributed by atoms with Gasteiger partial charge in [-0.05, 0) is 47.5 Å². The second kappa shape index (κ2) is 11.5. The predicted molar refractivity (Wildman–Crippen MR) is 140 cm³/mol. The van der Waals surface area contributed by atoms with Crippen molar-refractivity contribution in [1.29, 1.82) is 0 Å². The maximum atomic E-state index is 14.9. The average molecular weight is 580 g/mol. The third-order valence-corrected chi connectivity index (χ3v) is 6.53. The molecule has 1 aromatic heterocycles. The van der Waals surface area contributed by atoms with E-state index in [2.05, 4.69) is 15.6 Å². The first-order chi connectivity index (χ1) is 18.8. The highest BCUT2D eigenvalue weighted by Crippen LogP contribution is 2.38. The summed E-state index contributed by atoms with van der Waals surface area (Å²) in [5.74, 6) is -4.78. The zero-order valence-electron chi connectivity index (χ0n) is 21.0. The van der Waals surface area contributed by atoms with E-state index in [1.165, 1.54) is 36.5 Å². The average Bonchev–Trinajstić information content (AvgIpc) is 2.89. The van der Waals surface area contributed by atoms with Crippen molar-refractivity contribution in [2.45, 2.75) is 37.3 Å². The summed E-state index contributed by atoms with van der Waals surface area (Å²) in [4.78, 5) is 4.35. The van der Waals surface area contributed by atoms with Crippen LogP contribution in [0.4, 0.5) is 32.0 Å². The molecule has 0 saturated carbocycles. The number of pyridine rings is 1. The van der Waals surface area contributed by atoms with Gasteiger partial charge in [0.15, 0.2) is 12.2 Å². The molecular weight excluding hydrogens is 556 g/mol. The Morgan fingerprint density at radius 3 is 2.17 bits per heavy atom. The van der Waals surface area contributed by atoms with Gasteiger partial charge in [0.2, 0.25) is 0 Å². The van der Waals surface area contributed by atoms with Gasteiger partial charge in [-0.15, -0.1) is 0 Å². The SMILES string of the molecule is CC(F)(F)c1cccc(NC(O)NC(Cc2ccccc2)(c2cccc(C(F)(F)F)c2)c2ccc(Cl)cn2)c1F. The van der Waals surface area contributed by atoms with Crippen LogP contribution in [-0.4, -0.2) is 16.4 Å². The van der Waals surface area contributed by atoms with E-state index in [1.807, 2.05) is 0 Å². The fraction of sp³-hybridized carbons (Fsp3) is 0.207. The first-order valence-corrected chi connectivity index (χ1v) is 12.4. The van der Waals surface area contributed by atoms with E-state index in [0.29, 0.717) is 12.5 Å². The van der Waals surface area contributed by atoms with Crippen LogP contribution in [0.25, 0.3) is 0 Å². The number of halogens is 7. The summed E-state index contributed by atoms with van der Waals surface area (Å²) in [6.07, 6.45) is -5.23. The lowest BCUT2D eigenvalue weighted by molar-refractivity contribution is -0.137. The van der Waals surface area contributed by atoms with Gasteiger partial charge < -0.3 is 10.4 Å². The van der Waals surface area contributed by atoms with Gasteiger partial charge in [0, 0.05) is 19.5 Å². The van der Waals surface area contributed by atoms with Crippen LogP contribution in [0.2, 0.25) is 5.02 Å². The summed E-state index contributed by atoms with van der Waals surface area (Å²) in [6.45, 7) is 0.536. The zero-order chi connectivity index (χ0) is 29.1. The van der Waals surface area contributed by atoms with Crippen LogP contribution in [0.1, 0.15) is 34.9 Å². The Bertz CT molecular complexity index is 1450. The van der Waals surface area contributed by atoms with Gasteiger partial charge in [0.05, 0.1) is 33.1 Å². The summed E-state index contributed by atoms with van der Waals surface area (Å²) >= 11 is 6.04. The van der Waals surface area contributed by atoms with E-state index in [0.717, 1.165) is 24.3 Å². The highest BCUT2D eigenvalue weighted by Gasteiger charge is 2.40. The van der Waals surface area contributed by atoms with Gasteiger partial charge in [-0.3, -0.25) is 10.3 Å². The Morgan fingerprint density at radius 1 is 0.875 bits per heavy atom. The normalized spacial score (nSPS) is 14.4. The van der Waals surface area contributed by atoms with Gasteiger partial charge in [-0.25, -0.2) is 13.2 Å². The van der Waals surface area contributed by atoms with E-state index in [9.17, 15) is 31.4 Å². The van der Waals surface area contributed by atoms with E-state index < -0.39 is 46.6 Å². The summed E-state index contributed by atoms with van der Waals surface area (Å²) in [7, 11) is 0. The zero-order valence-corrected chi connectivity index (χ0v) is 21.7. The molecule has 4 nitrogen and oxygen atoms in total. The van der Waals surface area contributed by atoms with E-state index in [-0.39, 0.29) is 22.7 Å². The lowest BCUT2D eigenvalue weighted by atomic mass is 9.80. The molecule has 3 N–H and O–H groups in total. The minimum Gasteiger partial charge on any atom is -0.361 e. The lowest BCUT2D eigenvalue weighted by Gasteiger charge is -2.38. The highest BCUT2D eigenvalue weighted by atomic mass is 35.5. The third kappa shape index (κ3) is 6.57. The standard InChI is InChI=1S/C29H24ClF6N3O/c1-27(32,33)22-11-6-12-23(25(22)31)38-26(40)39-28(16-18-7-3-2-4-8-18,24-14-13-21(30)17-37-24)19-9-5-10-20(15-19)29(34,35)36/h2-15,17,26,38-40H,16H2,1H3. The van der Waals surface area contributed by atoms with Crippen molar-refractivity contribution >= 4 is 17.3 Å². The van der Waals surface area contributed by atoms with Crippen molar-refractivity contribution in [3.8, 4) is 0 Å². The molecule has 0 aliphatic heterocycles. The monoisotopic (exact) mass is 579 g/mol. The van der Waals surface area contributed by atoms with Gasteiger partial charge in [0.1, 0.15) is 0 Å². The minimum atomic E-state index is -4.67. The molecule has 0 aliphatic rings. The maximum Gasteiger partial charge on any atom is 0.416 e. The van der Waals surface area contributed by atoms with Crippen LogP contribution in [-0.2, 0) is 24.1 Å². The first-order valence-electron chi connectivity index (χ1n) is 12.0. The predicted octanol–water partition coefficient (Wildman–Crippen LogP) is 7.47. The fourth-order valence-corrected chi connectivity index (χ4v) is 4.55. The van der Waals surface area contributed by atoms with Gasteiger partial charge in [0.25, 0.3) is 5.92 Å². The molecule has 4 aromatic rings. The van der Waals surface area contributed by atoms with Crippen molar-refractivity contribution in [2.24, 2.45) is 0 Å². The van der Waals surface area contributed by atoms with Gasteiger partial charge >= 0.3 is 6.18 Å². The molecule has 0 aliphatic carbocycles. The van der Waals surface area contributed by atoms with Crippen molar-refractivity contribution in [1.82, 2.24) is 10.3 Å². The summed E-state index contributed by atoms with van der Waals surface area (Å²) < 4.78 is 84.0. The molecule has 2 atom stereocenters. The van der Waals surface area contributed by atoms with Crippen molar-refractivity contribution in [3.63, 3.8) is 0 Å². The molecule has 0 fully saturated rings. The summed E-state index contributed by atoms with van der Waals surface area (Å²) in [6, 6.07) is 19.5. The number of aliphatic hydroxyl groups excluding tert-OH is 1. The van der Waals surface area contributed by atoms with Crippen LogP contribution in [0, 0.1) is 5.82 Å². The number of nitrogens with zero attached hydrogens (tertiary/aromatic N) is 1. The van der Waals surface area contributed by atoms with Crippen LogP contribution < -0.4 is 10.6 Å². The molecule has 0 saturated heterocycles. The van der Waals surface area contributed by atoms with Gasteiger partial charge in [-0.1, -0.05) is 60.1 Å². The Labute approximate surface area is 231 Å². The molecule has 0 spiro atoms. The van der Waals surface area contributed by atoms with Crippen molar-refractivity contribution in [2.75, 3.05) is 5.32 Å². The van der Waals surface area contributed by atoms with Gasteiger partial charge in [-0.2, -0.15) is 13.2 Å². The quantitative estimate of drug-likeness (QED) is 0.142. The van der Waals surface area contributed by atoms with Crippen LogP contribution in [0.3, 0.4) is 0 Å². The van der Waals surface area contributed by atoms with E-state index in [1.54, 1.807) is 30.3 Å². The maximum absolute atomic E-state index is 14.9. The van der Waals surface area contributed by atoms with E-state index >= 15 is 0 Å². The molecule has 0 amide bonds. The fourth-order valence-electron chi connectivity index (χ4n) is 4.44. The van der Waals surface area contributed by atoms with Crippen molar-refractivity contribution < 1.29 is 31.4 Å². The molecule has 0 bridgehead atoms. The third-order valence-electron chi connectivity index (χ3n) is 6.31. The molecule has 11 heteroatoms. The molecule has 2 unspecified atom stereocenters. The lowest BCUT2D eigenvalue weighted by Crippen LogP contribution is -2.53. The number of aromatic nitrogens is 1. The Kier molecular flexibility index (Phi) is 8.44. The highest BCUT2D eigenvalue weighted by molar-refractivity contribution is 6.30. The number of alkyl halides is 5. The number of nitrogens with one attached hydrogen (secondary N) is 2. The Morgan fingerprint density at radius 2 is 1.55 bits per heavy atom. The molecule has 40 heavy (non-hydrogen) atoms. The first kappa shape index (κ1) is 29.4. The van der Waals surface area contributed by atoms with Crippen LogP contribution in [0.15, 0.2) is 91.1 Å². The van der Waals surface area contributed by atoms with Crippen LogP contribution >= 0.6 is 11.6 Å². The summed E-state index contributed by atoms with van der Waals surface area (Å²) in [5.41, 5.74) is -2.98.